The van der Waals surface area contributed by atoms with Crippen molar-refractivity contribution in [3.63, 3.8) is 0 Å². The molecule has 0 atom stereocenters. The standard InChI is InChI=1S/C8H5ClFNO3/c9-4-1-2-6(5(10)3-4)11-7(12)8(13)14/h1-3H,(H,11,12)(H,13,14). The summed E-state index contributed by atoms with van der Waals surface area (Å²) in [6.45, 7) is 0. The van der Waals surface area contributed by atoms with Crippen LogP contribution < -0.4 is 5.32 Å². The number of anilines is 1. The molecule has 0 aliphatic carbocycles. The second-order valence-electron chi connectivity index (χ2n) is 2.38. The molecule has 1 aromatic carbocycles. The third kappa shape index (κ3) is 2.43. The van der Waals surface area contributed by atoms with E-state index in [0.717, 1.165) is 6.07 Å². The lowest BCUT2D eigenvalue weighted by Gasteiger charge is -2.03. The number of benzene rings is 1. The zero-order valence-corrected chi connectivity index (χ0v) is 7.51. The highest BCUT2D eigenvalue weighted by Crippen LogP contribution is 2.18. The third-order valence-electron chi connectivity index (χ3n) is 1.37. The van der Waals surface area contributed by atoms with Gasteiger partial charge in [-0.3, -0.25) is 4.79 Å². The van der Waals surface area contributed by atoms with Crippen molar-refractivity contribution >= 4 is 29.2 Å². The molecule has 6 heteroatoms. The molecule has 0 saturated carbocycles. The van der Waals surface area contributed by atoms with Crippen LogP contribution in [0, 0.1) is 5.82 Å². The summed E-state index contributed by atoms with van der Waals surface area (Å²) in [5.74, 6) is -3.77. The van der Waals surface area contributed by atoms with Crippen molar-refractivity contribution in [2.24, 2.45) is 0 Å². The first kappa shape index (κ1) is 10.5. The minimum Gasteiger partial charge on any atom is -0.474 e. The zero-order valence-electron chi connectivity index (χ0n) is 6.75. The van der Waals surface area contributed by atoms with Crippen molar-refractivity contribution in [2.45, 2.75) is 0 Å². The monoisotopic (exact) mass is 217 g/mol. The van der Waals surface area contributed by atoms with Crippen LogP contribution in [0.3, 0.4) is 0 Å². The van der Waals surface area contributed by atoms with E-state index in [1.165, 1.54) is 12.1 Å². The van der Waals surface area contributed by atoms with Crippen LogP contribution in [0.15, 0.2) is 18.2 Å². The minimum atomic E-state index is -1.68. The fourth-order valence-corrected chi connectivity index (χ4v) is 0.925. The summed E-state index contributed by atoms with van der Waals surface area (Å²) < 4.78 is 13.0. The van der Waals surface area contributed by atoms with Gasteiger partial charge < -0.3 is 10.4 Å². The largest absolute Gasteiger partial charge is 0.474 e. The van der Waals surface area contributed by atoms with E-state index in [-0.39, 0.29) is 10.7 Å². The van der Waals surface area contributed by atoms with Gasteiger partial charge in [0, 0.05) is 5.02 Å². The molecular weight excluding hydrogens is 213 g/mol. The van der Waals surface area contributed by atoms with Gasteiger partial charge in [0.2, 0.25) is 0 Å². The summed E-state index contributed by atoms with van der Waals surface area (Å²) >= 11 is 5.45. The summed E-state index contributed by atoms with van der Waals surface area (Å²) in [5, 5.41) is 10.3. The van der Waals surface area contributed by atoms with E-state index in [0.29, 0.717) is 0 Å². The van der Waals surface area contributed by atoms with Gasteiger partial charge in [0.25, 0.3) is 0 Å². The Morgan fingerprint density at radius 2 is 2.07 bits per heavy atom. The SMILES string of the molecule is O=C(O)C(=O)Nc1ccc(Cl)cc1F. The second-order valence-corrected chi connectivity index (χ2v) is 2.82. The molecule has 0 aromatic heterocycles. The lowest BCUT2D eigenvalue weighted by molar-refractivity contribution is -0.147. The number of hydrogen-bond acceptors (Lipinski definition) is 2. The van der Waals surface area contributed by atoms with Gasteiger partial charge in [-0.2, -0.15) is 0 Å². The molecule has 0 heterocycles. The normalized spacial score (nSPS) is 9.57. The highest BCUT2D eigenvalue weighted by Gasteiger charge is 2.13. The summed E-state index contributed by atoms with van der Waals surface area (Å²) in [7, 11) is 0. The van der Waals surface area contributed by atoms with Crippen molar-refractivity contribution in [3.8, 4) is 0 Å². The molecule has 0 spiro atoms. The molecule has 0 aliphatic heterocycles. The lowest BCUT2D eigenvalue weighted by atomic mass is 10.3. The number of hydrogen-bond donors (Lipinski definition) is 2. The number of rotatable bonds is 1. The van der Waals surface area contributed by atoms with Crippen molar-refractivity contribution < 1.29 is 19.1 Å². The number of carbonyl (C=O) groups excluding carboxylic acids is 1. The van der Waals surface area contributed by atoms with E-state index in [4.69, 9.17) is 16.7 Å². The summed E-state index contributed by atoms with van der Waals surface area (Å²) in [4.78, 5) is 20.8. The minimum absolute atomic E-state index is 0.163. The van der Waals surface area contributed by atoms with Crippen LogP contribution in [0.5, 0.6) is 0 Å². The fraction of sp³-hybridized carbons (Fsp3) is 0. The van der Waals surface area contributed by atoms with E-state index < -0.39 is 17.7 Å². The molecule has 0 fully saturated rings. The van der Waals surface area contributed by atoms with Gasteiger partial charge in [-0.05, 0) is 18.2 Å². The van der Waals surface area contributed by atoms with Gasteiger partial charge >= 0.3 is 11.9 Å². The Morgan fingerprint density at radius 3 is 2.57 bits per heavy atom. The first-order valence-electron chi connectivity index (χ1n) is 3.50. The maximum atomic E-state index is 13.0. The third-order valence-corrected chi connectivity index (χ3v) is 1.61. The highest BCUT2D eigenvalue weighted by atomic mass is 35.5. The predicted octanol–water partition coefficient (Wildman–Crippen LogP) is 1.50. The maximum absolute atomic E-state index is 13.0. The van der Waals surface area contributed by atoms with E-state index in [1.54, 1.807) is 0 Å². The van der Waals surface area contributed by atoms with E-state index in [9.17, 15) is 14.0 Å². The van der Waals surface area contributed by atoms with E-state index >= 15 is 0 Å². The van der Waals surface area contributed by atoms with Crippen molar-refractivity contribution in [1.29, 1.82) is 0 Å². The van der Waals surface area contributed by atoms with Gasteiger partial charge in [-0.1, -0.05) is 11.6 Å². The number of carboxylic acid groups (broad SMARTS) is 1. The van der Waals surface area contributed by atoms with Crippen molar-refractivity contribution in [3.05, 3.63) is 29.0 Å². The number of amides is 1. The Balaban J connectivity index is 2.87. The number of aliphatic carboxylic acids is 1. The Bertz CT molecular complexity index is 394. The Kier molecular flexibility index (Phi) is 3.03. The summed E-state index contributed by atoms with van der Waals surface area (Å²) in [5.41, 5.74) is -0.221. The van der Waals surface area contributed by atoms with E-state index in [1.807, 2.05) is 5.32 Å². The molecule has 2 N–H and O–H groups in total. The van der Waals surface area contributed by atoms with Crippen LogP contribution in [0.25, 0.3) is 0 Å². The summed E-state index contributed by atoms with van der Waals surface area (Å²) in [6, 6.07) is 3.49. The average molecular weight is 218 g/mol. The molecule has 74 valence electrons. The molecule has 0 saturated heterocycles. The number of nitrogens with one attached hydrogen (secondary N) is 1. The van der Waals surface area contributed by atoms with Crippen molar-refractivity contribution in [1.82, 2.24) is 0 Å². The molecular formula is C8H5ClFNO3. The quantitative estimate of drug-likeness (QED) is 0.701. The van der Waals surface area contributed by atoms with Crippen LogP contribution in [-0.2, 0) is 9.59 Å². The molecule has 1 aromatic rings. The average Bonchev–Trinajstić information content (AvgIpc) is 2.09. The van der Waals surface area contributed by atoms with Crippen LogP contribution in [0.1, 0.15) is 0 Å². The van der Waals surface area contributed by atoms with Crippen LogP contribution in [0.4, 0.5) is 10.1 Å². The van der Waals surface area contributed by atoms with Crippen LogP contribution in [0.2, 0.25) is 5.02 Å². The summed E-state index contributed by atoms with van der Waals surface area (Å²) in [6.07, 6.45) is 0. The van der Waals surface area contributed by atoms with Gasteiger partial charge in [0.05, 0.1) is 5.69 Å². The molecule has 0 aliphatic rings. The molecule has 1 amide bonds. The first-order chi connectivity index (χ1) is 6.50. The Labute approximate surface area is 83.3 Å². The smallest absolute Gasteiger partial charge is 0.394 e. The van der Waals surface area contributed by atoms with Crippen LogP contribution in [-0.4, -0.2) is 17.0 Å². The predicted molar refractivity (Wildman–Crippen MR) is 47.7 cm³/mol. The fourth-order valence-electron chi connectivity index (χ4n) is 0.767. The molecule has 0 unspecified atom stereocenters. The second kappa shape index (κ2) is 4.06. The van der Waals surface area contributed by atoms with E-state index in [2.05, 4.69) is 0 Å². The highest BCUT2D eigenvalue weighted by molar-refractivity contribution is 6.36. The number of carboxylic acids is 1. The van der Waals surface area contributed by atoms with Crippen molar-refractivity contribution in [2.75, 3.05) is 5.32 Å². The Morgan fingerprint density at radius 1 is 1.43 bits per heavy atom. The molecule has 4 nitrogen and oxygen atoms in total. The zero-order chi connectivity index (χ0) is 10.7. The maximum Gasteiger partial charge on any atom is 0.394 e. The van der Waals surface area contributed by atoms with Gasteiger partial charge in [-0.25, -0.2) is 9.18 Å². The first-order valence-corrected chi connectivity index (χ1v) is 3.88. The lowest BCUT2D eigenvalue weighted by Crippen LogP contribution is -2.22. The van der Waals surface area contributed by atoms with Gasteiger partial charge in [-0.15, -0.1) is 0 Å². The topological polar surface area (TPSA) is 66.4 Å². The van der Waals surface area contributed by atoms with Gasteiger partial charge in [0.1, 0.15) is 5.82 Å². The Hall–Kier alpha value is -1.62. The number of carbonyl (C=O) groups is 2. The molecule has 14 heavy (non-hydrogen) atoms. The molecule has 1 rings (SSSR count). The number of halogens is 2. The molecule has 0 bridgehead atoms. The van der Waals surface area contributed by atoms with Gasteiger partial charge in [0.15, 0.2) is 0 Å². The van der Waals surface area contributed by atoms with Crippen LogP contribution >= 0.6 is 11.6 Å². The molecule has 0 radical (unpaired) electrons.